The van der Waals surface area contributed by atoms with E-state index < -0.39 is 6.10 Å². The largest absolute Gasteiger partial charge is 0.392 e. The summed E-state index contributed by atoms with van der Waals surface area (Å²) in [5.74, 6) is 0.0103. The fourth-order valence-corrected chi connectivity index (χ4v) is 3.74. The topological polar surface area (TPSA) is 95.7 Å². The maximum absolute atomic E-state index is 13.8. The van der Waals surface area contributed by atoms with Gasteiger partial charge in [-0.15, -0.1) is 0 Å². The molecule has 4 rings (SSSR count). The highest BCUT2D eigenvalue weighted by Crippen LogP contribution is 2.36. The summed E-state index contributed by atoms with van der Waals surface area (Å²) in [6.07, 6.45) is 5.64. The Bertz CT molecular complexity index is 1050. The molecule has 1 aliphatic rings. The van der Waals surface area contributed by atoms with Gasteiger partial charge in [0.2, 0.25) is 0 Å². The van der Waals surface area contributed by atoms with Crippen LogP contribution in [0.25, 0.3) is 5.65 Å². The molecule has 2 N–H and O–H groups in total. The zero-order valence-electron chi connectivity index (χ0n) is 16.3. The zero-order valence-corrected chi connectivity index (χ0v) is 16.3. The average molecular weight is 398 g/mol. The van der Waals surface area contributed by atoms with Crippen molar-refractivity contribution in [3.05, 3.63) is 53.4 Å². The molecule has 1 unspecified atom stereocenters. The summed E-state index contributed by atoms with van der Waals surface area (Å²) in [7, 11) is 0. The Morgan fingerprint density at radius 2 is 2.28 bits per heavy atom. The van der Waals surface area contributed by atoms with E-state index in [4.69, 9.17) is 0 Å². The molecule has 8 nitrogen and oxygen atoms in total. The van der Waals surface area contributed by atoms with E-state index in [1.807, 2.05) is 13.0 Å². The van der Waals surface area contributed by atoms with Crippen LogP contribution in [0.4, 0.5) is 10.2 Å². The summed E-state index contributed by atoms with van der Waals surface area (Å²) >= 11 is 0. The van der Waals surface area contributed by atoms with Crippen LogP contribution in [-0.4, -0.2) is 49.8 Å². The fraction of sp³-hybridized carbons (Fsp3) is 0.400. The number of carbonyl (C=O) groups is 1. The Morgan fingerprint density at radius 3 is 3.07 bits per heavy atom. The summed E-state index contributed by atoms with van der Waals surface area (Å²) in [4.78, 5) is 23.4. The van der Waals surface area contributed by atoms with E-state index in [9.17, 15) is 14.3 Å². The molecular formula is C20H23FN6O2. The van der Waals surface area contributed by atoms with E-state index in [-0.39, 0.29) is 24.3 Å². The molecule has 9 heteroatoms. The lowest BCUT2D eigenvalue weighted by Crippen LogP contribution is -2.30. The van der Waals surface area contributed by atoms with Gasteiger partial charge in [0, 0.05) is 25.0 Å². The van der Waals surface area contributed by atoms with Crippen molar-refractivity contribution in [2.45, 2.75) is 38.8 Å². The fourth-order valence-electron chi connectivity index (χ4n) is 3.74. The molecular weight excluding hydrogens is 375 g/mol. The Kier molecular flexibility index (Phi) is 5.14. The number of nitrogens with one attached hydrogen (secondary N) is 1. The molecule has 0 spiro atoms. The van der Waals surface area contributed by atoms with Gasteiger partial charge in [0.1, 0.15) is 17.2 Å². The maximum Gasteiger partial charge on any atom is 0.256 e. The molecule has 29 heavy (non-hydrogen) atoms. The zero-order chi connectivity index (χ0) is 20.5. The van der Waals surface area contributed by atoms with E-state index in [1.54, 1.807) is 17.6 Å². The van der Waals surface area contributed by atoms with Crippen LogP contribution in [0, 0.1) is 12.7 Å². The van der Waals surface area contributed by atoms with Gasteiger partial charge in [0.15, 0.2) is 5.65 Å². The van der Waals surface area contributed by atoms with Gasteiger partial charge in [-0.2, -0.15) is 5.10 Å². The summed E-state index contributed by atoms with van der Waals surface area (Å²) in [6.45, 7) is 4.41. The van der Waals surface area contributed by atoms with E-state index in [0.717, 1.165) is 30.6 Å². The minimum absolute atomic E-state index is 0.0245. The molecule has 0 saturated carbocycles. The quantitative estimate of drug-likeness (QED) is 0.683. The van der Waals surface area contributed by atoms with Crippen molar-refractivity contribution in [1.82, 2.24) is 24.9 Å². The lowest BCUT2D eigenvalue weighted by Gasteiger charge is -2.27. The molecule has 1 fully saturated rings. The molecule has 0 bridgehead atoms. The molecule has 0 aromatic carbocycles. The highest BCUT2D eigenvalue weighted by atomic mass is 19.1. The summed E-state index contributed by atoms with van der Waals surface area (Å²) in [5, 5.41) is 16.2. The van der Waals surface area contributed by atoms with Crippen LogP contribution in [0.5, 0.6) is 0 Å². The molecule has 1 amide bonds. The molecule has 1 saturated heterocycles. The van der Waals surface area contributed by atoms with Crippen molar-refractivity contribution in [2.24, 2.45) is 0 Å². The minimum atomic E-state index is -0.641. The smallest absolute Gasteiger partial charge is 0.256 e. The third kappa shape index (κ3) is 3.77. The van der Waals surface area contributed by atoms with E-state index >= 15 is 0 Å². The van der Waals surface area contributed by atoms with Gasteiger partial charge in [-0.25, -0.2) is 13.9 Å². The maximum atomic E-state index is 13.8. The second kappa shape index (κ2) is 7.75. The molecule has 3 aromatic rings. The van der Waals surface area contributed by atoms with Gasteiger partial charge in [0.25, 0.3) is 5.91 Å². The Morgan fingerprint density at radius 1 is 1.45 bits per heavy atom. The van der Waals surface area contributed by atoms with Crippen LogP contribution >= 0.6 is 0 Å². The highest BCUT2D eigenvalue weighted by molar-refractivity contribution is 5.99. The second-order valence-corrected chi connectivity index (χ2v) is 7.35. The average Bonchev–Trinajstić information content (AvgIpc) is 3.34. The first-order chi connectivity index (χ1) is 13.9. The molecule has 1 aliphatic heterocycles. The van der Waals surface area contributed by atoms with Crippen molar-refractivity contribution in [3.8, 4) is 0 Å². The number of hydrogen-bond donors (Lipinski definition) is 2. The third-order valence-electron chi connectivity index (χ3n) is 5.16. The molecule has 0 radical (unpaired) electrons. The number of aliphatic hydroxyl groups excluding tert-OH is 1. The van der Waals surface area contributed by atoms with E-state index in [1.165, 1.54) is 18.5 Å². The molecule has 3 aromatic heterocycles. The number of amides is 1. The van der Waals surface area contributed by atoms with Gasteiger partial charge in [0.05, 0.1) is 24.5 Å². The van der Waals surface area contributed by atoms with Crippen molar-refractivity contribution in [2.75, 3.05) is 18.0 Å². The predicted octanol–water partition coefficient (Wildman–Crippen LogP) is 2.02. The number of aryl methyl sites for hydroxylation is 1. The van der Waals surface area contributed by atoms with E-state index in [0.29, 0.717) is 17.0 Å². The van der Waals surface area contributed by atoms with Gasteiger partial charge in [-0.05, 0) is 44.4 Å². The van der Waals surface area contributed by atoms with Crippen LogP contribution in [0.15, 0.2) is 30.7 Å². The van der Waals surface area contributed by atoms with Crippen molar-refractivity contribution in [1.29, 1.82) is 0 Å². The minimum Gasteiger partial charge on any atom is -0.392 e. The van der Waals surface area contributed by atoms with Crippen molar-refractivity contribution >= 4 is 17.4 Å². The predicted molar refractivity (Wildman–Crippen MR) is 105 cm³/mol. The van der Waals surface area contributed by atoms with Crippen LogP contribution in [0.1, 0.15) is 47.4 Å². The van der Waals surface area contributed by atoms with Crippen molar-refractivity contribution in [3.63, 3.8) is 0 Å². The van der Waals surface area contributed by atoms with Gasteiger partial charge < -0.3 is 15.3 Å². The lowest BCUT2D eigenvalue weighted by atomic mass is 10.0. The number of fused-ring (bicyclic) bond motifs is 1. The van der Waals surface area contributed by atoms with Crippen molar-refractivity contribution < 1.29 is 14.3 Å². The lowest BCUT2D eigenvalue weighted by molar-refractivity contribution is 0.0925. The van der Waals surface area contributed by atoms with Gasteiger partial charge >= 0.3 is 0 Å². The number of hydrogen-bond acceptors (Lipinski definition) is 6. The third-order valence-corrected chi connectivity index (χ3v) is 5.16. The van der Waals surface area contributed by atoms with E-state index in [2.05, 4.69) is 25.3 Å². The number of rotatable bonds is 5. The number of anilines is 1. The SMILES string of the molecule is Cc1ncc(F)cc1C1CCCN1c1ccn2ncc(C(=O)NC[C@@H](C)O)c2n1. The number of pyridine rings is 1. The summed E-state index contributed by atoms with van der Waals surface area (Å²) < 4.78 is 15.3. The summed E-state index contributed by atoms with van der Waals surface area (Å²) in [5.41, 5.74) is 2.43. The van der Waals surface area contributed by atoms with Gasteiger partial charge in [-0.3, -0.25) is 9.78 Å². The van der Waals surface area contributed by atoms with Crippen LogP contribution in [0.3, 0.4) is 0 Å². The Balaban J connectivity index is 1.67. The Hall–Kier alpha value is -3.07. The first-order valence-corrected chi connectivity index (χ1v) is 9.63. The summed E-state index contributed by atoms with van der Waals surface area (Å²) in [6, 6.07) is 3.36. The van der Waals surface area contributed by atoms with Crippen LogP contribution < -0.4 is 10.2 Å². The molecule has 152 valence electrons. The van der Waals surface area contributed by atoms with Crippen LogP contribution in [-0.2, 0) is 0 Å². The second-order valence-electron chi connectivity index (χ2n) is 7.35. The normalized spacial score (nSPS) is 17.7. The number of aromatic nitrogens is 4. The highest BCUT2D eigenvalue weighted by Gasteiger charge is 2.29. The molecule has 0 aliphatic carbocycles. The molecule has 2 atom stereocenters. The monoisotopic (exact) mass is 398 g/mol. The Labute approximate surface area is 167 Å². The van der Waals surface area contributed by atoms with Crippen LogP contribution in [0.2, 0.25) is 0 Å². The standard InChI is InChI=1S/C20H23FN6O2/c1-12(28)9-23-20(29)16-11-24-27-7-5-18(25-19(16)27)26-6-3-4-17(26)15-8-14(21)10-22-13(15)2/h5,7-8,10-12,17,28H,3-4,6,9H2,1-2H3,(H,23,29)/t12-,17?/m1/s1. The number of nitrogens with zero attached hydrogens (tertiary/aromatic N) is 5. The number of carbonyl (C=O) groups excluding carboxylic acids is 1. The van der Waals surface area contributed by atoms with Gasteiger partial charge in [-0.1, -0.05) is 0 Å². The molecule has 4 heterocycles. The number of aliphatic hydroxyl groups is 1. The first kappa shape index (κ1) is 19.3. The number of halogens is 1. The first-order valence-electron chi connectivity index (χ1n) is 9.63.